The molecule has 0 bridgehead atoms. The van der Waals surface area contributed by atoms with E-state index in [4.69, 9.17) is 10.5 Å². The Labute approximate surface area is 126 Å². The van der Waals surface area contributed by atoms with E-state index in [9.17, 15) is 9.59 Å². The molecule has 4 atom stereocenters. The van der Waals surface area contributed by atoms with E-state index in [0.29, 0.717) is 12.5 Å². The summed E-state index contributed by atoms with van der Waals surface area (Å²) in [5.74, 6) is 0.217. The lowest BCUT2D eigenvalue weighted by molar-refractivity contribution is -0.153. The van der Waals surface area contributed by atoms with E-state index in [0.717, 1.165) is 0 Å². The molecule has 0 aromatic rings. The zero-order valence-electron chi connectivity index (χ0n) is 12.8. The summed E-state index contributed by atoms with van der Waals surface area (Å²) in [4.78, 5) is 26.0. The zero-order valence-corrected chi connectivity index (χ0v) is 13.6. The minimum atomic E-state index is -0.548. The number of esters is 1. The molecule has 0 spiro atoms. The number of nitrogens with zero attached hydrogens (tertiary/aromatic N) is 1. The molecule has 6 heteroatoms. The van der Waals surface area contributed by atoms with Gasteiger partial charge in [-0.2, -0.15) is 0 Å². The third-order valence-electron chi connectivity index (χ3n) is 4.94. The summed E-state index contributed by atoms with van der Waals surface area (Å²) >= 11 is 0. The number of fused-ring (bicyclic) bond motifs is 1. The van der Waals surface area contributed by atoms with Crippen molar-refractivity contribution in [1.29, 1.82) is 0 Å². The quantitative estimate of drug-likeness (QED) is 0.791. The monoisotopic (exact) mass is 304 g/mol. The topological polar surface area (TPSA) is 72.6 Å². The van der Waals surface area contributed by atoms with Gasteiger partial charge in [-0.25, -0.2) is 4.79 Å². The van der Waals surface area contributed by atoms with Crippen molar-refractivity contribution in [3.8, 4) is 0 Å². The predicted octanol–water partition coefficient (Wildman–Crippen LogP) is 1.05. The number of hydrogen-bond donors (Lipinski definition) is 1. The Morgan fingerprint density at radius 1 is 1.35 bits per heavy atom. The van der Waals surface area contributed by atoms with E-state index in [2.05, 4.69) is 13.8 Å². The Hall–Kier alpha value is -0.810. The van der Waals surface area contributed by atoms with Gasteiger partial charge in [0.05, 0.1) is 13.2 Å². The Balaban J connectivity index is 0.00000200. The molecule has 0 aromatic heterocycles. The van der Waals surface area contributed by atoms with Crippen LogP contribution in [0.25, 0.3) is 0 Å². The van der Waals surface area contributed by atoms with Crippen LogP contribution in [0.5, 0.6) is 0 Å². The van der Waals surface area contributed by atoms with Crippen molar-refractivity contribution in [3.63, 3.8) is 0 Å². The number of carbonyl (C=O) groups excluding carboxylic acids is 2. The van der Waals surface area contributed by atoms with Crippen LogP contribution >= 0.6 is 12.4 Å². The second kappa shape index (κ2) is 5.53. The second-order valence-corrected chi connectivity index (χ2v) is 6.68. The Morgan fingerprint density at radius 2 is 1.90 bits per heavy atom. The number of methoxy groups -OCH3 is 1. The van der Waals surface area contributed by atoms with Gasteiger partial charge in [0.25, 0.3) is 0 Å². The van der Waals surface area contributed by atoms with Crippen molar-refractivity contribution in [2.24, 2.45) is 28.9 Å². The van der Waals surface area contributed by atoms with Crippen LogP contribution in [0.1, 0.15) is 27.7 Å². The Bertz CT molecular complexity index is 411. The molecule has 2 N–H and O–H groups in total. The maximum Gasteiger partial charge on any atom is 0.328 e. The van der Waals surface area contributed by atoms with Crippen LogP contribution in [-0.4, -0.2) is 42.5 Å². The third-order valence-corrected chi connectivity index (χ3v) is 4.94. The van der Waals surface area contributed by atoms with Crippen molar-refractivity contribution in [2.75, 3.05) is 13.7 Å². The fraction of sp³-hybridized carbons (Fsp3) is 0.857. The van der Waals surface area contributed by atoms with Crippen LogP contribution in [-0.2, 0) is 14.3 Å². The molecule has 116 valence electrons. The lowest BCUT2D eigenvalue weighted by atomic mass is 9.98. The molecule has 1 aliphatic heterocycles. The maximum atomic E-state index is 12.4. The molecule has 1 heterocycles. The van der Waals surface area contributed by atoms with Crippen molar-refractivity contribution in [3.05, 3.63) is 0 Å². The molecular weight excluding hydrogens is 280 g/mol. The highest BCUT2D eigenvalue weighted by Crippen LogP contribution is 2.65. The number of rotatable bonds is 3. The number of hydrogen-bond acceptors (Lipinski definition) is 4. The van der Waals surface area contributed by atoms with Crippen LogP contribution in [0.2, 0.25) is 0 Å². The minimum Gasteiger partial charge on any atom is -0.467 e. The first-order valence-electron chi connectivity index (χ1n) is 6.87. The summed E-state index contributed by atoms with van der Waals surface area (Å²) in [6.45, 7) is 8.73. The van der Waals surface area contributed by atoms with Crippen LogP contribution < -0.4 is 5.73 Å². The normalized spacial score (nSPS) is 31.4. The van der Waals surface area contributed by atoms with Gasteiger partial charge in [0.1, 0.15) is 6.04 Å². The van der Waals surface area contributed by atoms with Gasteiger partial charge in [0, 0.05) is 12.5 Å². The summed E-state index contributed by atoms with van der Waals surface area (Å²) in [6, 6.07) is -1.00. The summed E-state index contributed by atoms with van der Waals surface area (Å²) in [6.07, 6.45) is 0. The van der Waals surface area contributed by atoms with Gasteiger partial charge in [0.15, 0.2) is 0 Å². The molecule has 20 heavy (non-hydrogen) atoms. The number of ether oxygens (including phenoxy) is 1. The molecule has 0 aromatic carbocycles. The van der Waals surface area contributed by atoms with E-state index >= 15 is 0 Å². The van der Waals surface area contributed by atoms with E-state index in [-0.39, 0.29) is 41.5 Å². The first kappa shape index (κ1) is 17.2. The Morgan fingerprint density at radius 3 is 2.35 bits per heavy atom. The average molecular weight is 305 g/mol. The fourth-order valence-electron chi connectivity index (χ4n) is 3.38. The van der Waals surface area contributed by atoms with Gasteiger partial charge >= 0.3 is 5.97 Å². The van der Waals surface area contributed by atoms with Crippen LogP contribution in [0.4, 0.5) is 0 Å². The number of piperidine rings is 1. The first-order valence-corrected chi connectivity index (χ1v) is 6.87. The molecule has 2 rings (SSSR count). The molecule has 2 aliphatic rings. The number of likely N-dealkylation sites (tertiary alicyclic amines) is 1. The number of amides is 1. The largest absolute Gasteiger partial charge is 0.467 e. The lowest BCUT2D eigenvalue weighted by Gasteiger charge is -2.31. The Kier molecular flexibility index (Phi) is 4.76. The van der Waals surface area contributed by atoms with Crippen molar-refractivity contribution in [1.82, 2.24) is 4.90 Å². The summed E-state index contributed by atoms with van der Waals surface area (Å²) in [7, 11) is 1.37. The van der Waals surface area contributed by atoms with Crippen LogP contribution in [0.3, 0.4) is 0 Å². The second-order valence-electron chi connectivity index (χ2n) is 6.68. The maximum absolute atomic E-state index is 12.4. The molecule has 5 nitrogen and oxygen atoms in total. The van der Waals surface area contributed by atoms with E-state index in [1.165, 1.54) is 7.11 Å². The van der Waals surface area contributed by atoms with Crippen molar-refractivity contribution < 1.29 is 14.3 Å². The van der Waals surface area contributed by atoms with Crippen LogP contribution in [0.15, 0.2) is 0 Å². The molecule has 0 unspecified atom stereocenters. The molecule has 0 radical (unpaired) electrons. The average Bonchev–Trinajstić information content (AvgIpc) is 2.76. The minimum absolute atomic E-state index is 0. The highest BCUT2D eigenvalue weighted by Gasteiger charge is 2.69. The number of carbonyl (C=O) groups is 2. The predicted molar refractivity (Wildman–Crippen MR) is 78.3 cm³/mol. The summed E-state index contributed by atoms with van der Waals surface area (Å²) in [5, 5.41) is 0. The zero-order chi connectivity index (χ0) is 14.5. The van der Waals surface area contributed by atoms with Gasteiger partial charge in [0.2, 0.25) is 5.91 Å². The van der Waals surface area contributed by atoms with Crippen molar-refractivity contribution >= 4 is 24.3 Å². The molecule has 1 aliphatic carbocycles. The number of nitrogens with two attached hydrogens (primary N) is 1. The van der Waals surface area contributed by atoms with Gasteiger partial charge in [-0.05, 0) is 17.3 Å². The molecule has 2 fully saturated rings. The summed E-state index contributed by atoms with van der Waals surface area (Å²) in [5.41, 5.74) is 6.05. The smallest absolute Gasteiger partial charge is 0.328 e. The third kappa shape index (κ3) is 2.42. The molecular formula is C14H25ClN2O3. The number of halogens is 1. The van der Waals surface area contributed by atoms with Gasteiger partial charge < -0.3 is 15.4 Å². The first-order chi connectivity index (χ1) is 8.73. The molecule has 1 amide bonds. The van der Waals surface area contributed by atoms with Gasteiger partial charge in [-0.3, -0.25) is 4.79 Å². The molecule has 1 saturated carbocycles. The highest BCUT2D eigenvalue weighted by molar-refractivity contribution is 5.89. The van der Waals surface area contributed by atoms with Crippen molar-refractivity contribution in [2.45, 2.75) is 39.8 Å². The van der Waals surface area contributed by atoms with Crippen LogP contribution in [0, 0.1) is 23.2 Å². The highest BCUT2D eigenvalue weighted by atomic mass is 35.5. The lowest BCUT2D eigenvalue weighted by Crippen LogP contribution is -2.53. The standard InChI is InChI=1S/C14H24N2O3.ClH/c1-7(2)10(15)12(17)16-6-8-9(14(8,3)4)11(16)13(18)19-5;/h7-11H,6,15H2,1-5H3;1H/t8-,9-,10-,11-;/m0./s1. The van der Waals surface area contributed by atoms with Gasteiger partial charge in [-0.1, -0.05) is 27.7 Å². The molecule has 1 saturated heterocycles. The SMILES string of the molecule is COC(=O)[C@@H]1[C@@H]2[C@H](CN1C(=O)[C@@H](N)C(C)C)C2(C)C.Cl. The van der Waals surface area contributed by atoms with E-state index < -0.39 is 12.1 Å². The van der Waals surface area contributed by atoms with E-state index in [1.54, 1.807) is 4.90 Å². The van der Waals surface area contributed by atoms with E-state index in [1.807, 2.05) is 13.8 Å². The van der Waals surface area contributed by atoms with Gasteiger partial charge in [-0.15, -0.1) is 12.4 Å². The fourth-order valence-corrected chi connectivity index (χ4v) is 3.38. The summed E-state index contributed by atoms with van der Waals surface area (Å²) < 4.78 is 4.87.